The smallest absolute Gasteiger partial charge is 0.0715 e. The second-order valence-corrected chi connectivity index (χ2v) is 12.8. The van der Waals surface area contributed by atoms with Gasteiger partial charge in [-0.15, -0.1) is 0 Å². The Balaban J connectivity index is 1.56. The highest BCUT2D eigenvalue weighted by atomic mass is 32.4. The number of para-hydroxylation sites is 2. The first kappa shape index (κ1) is 21.0. The monoisotopic (exact) mass is 471 g/mol. The maximum Gasteiger partial charge on any atom is 0.0715 e. The third-order valence-electron chi connectivity index (χ3n) is 6.35. The van der Waals surface area contributed by atoms with E-state index in [0.29, 0.717) is 0 Å². The van der Waals surface area contributed by atoms with Gasteiger partial charge in [-0.25, -0.2) is 4.98 Å². The molecule has 0 bridgehead atoms. The van der Waals surface area contributed by atoms with E-state index in [2.05, 4.69) is 121 Å². The van der Waals surface area contributed by atoms with Gasteiger partial charge in [0, 0.05) is 22.4 Å². The van der Waals surface area contributed by atoms with E-state index >= 15 is 0 Å². The molecule has 6 aromatic rings. The van der Waals surface area contributed by atoms with Crippen LogP contribution in [0.2, 0.25) is 0 Å². The molecular formula is C31H22NPS. The molecule has 34 heavy (non-hydrogen) atoms. The van der Waals surface area contributed by atoms with Crippen molar-refractivity contribution < 1.29 is 0 Å². The van der Waals surface area contributed by atoms with E-state index in [1.54, 1.807) is 0 Å². The molecular weight excluding hydrogens is 449 g/mol. The van der Waals surface area contributed by atoms with E-state index < -0.39 is 6.04 Å². The van der Waals surface area contributed by atoms with Crippen LogP contribution in [0.4, 0.5) is 0 Å². The van der Waals surface area contributed by atoms with Crippen LogP contribution in [0, 0.1) is 0 Å². The summed E-state index contributed by atoms with van der Waals surface area (Å²) in [5.74, 6) is 0. The van der Waals surface area contributed by atoms with Crippen LogP contribution in [-0.2, 0) is 11.8 Å². The van der Waals surface area contributed by atoms with Crippen LogP contribution in [0.25, 0.3) is 32.9 Å². The van der Waals surface area contributed by atoms with Crippen LogP contribution in [-0.4, -0.2) is 4.98 Å². The minimum atomic E-state index is -2.16. The summed E-state index contributed by atoms with van der Waals surface area (Å²) >= 11 is 6.52. The number of hydrogen-bond acceptors (Lipinski definition) is 2. The van der Waals surface area contributed by atoms with Crippen LogP contribution in [0.15, 0.2) is 133 Å². The van der Waals surface area contributed by atoms with Crippen molar-refractivity contribution in [3.05, 3.63) is 133 Å². The molecule has 1 aromatic heterocycles. The van der Waals surface area contributed by atoms with Gasteiger partial charge in [0.15, 0.2) is 0 Å². The lowest BCUT2D eigenvalue weighted by Crippen LogP contribution is -2.24. The standard InChI is InChI=1S/C31H22NPS/c34-33(24-11-3-1-4-12-24,25-13-5-2-6-14-25)26-21-19-23(20-22-26)31-27-15-7-9-17-29(27)32-30-18-10-8-16-28(30)31/h1-22H. The van der Waals surface area contributed by atoms with Gasteiger partial charge in [0.25, 0.3) is 0 Å². The molecule has 5 aromatic carbocycles. The summed E-state index contributed by atoms with van der Waals surface area (Å²) in [6, 6.07) is 44.7. The number of fused-ring (bicyclic) bond motifs is 2. The zero-order valence-corrected chi connectivity index (χ0v) is 20.2. The molecule has 1 heterocycles. The van der Waals surface area contributed by atoms with Crippen LogP contribution in [0.5, 0.6) is 0 Å². The molecule has 0 amide bonds. The van der Waals surface area contributed by atoms with E-state index in [9.17, 15) is 0 Å². The predicted molar refractivity (Wildman–Crippen MR) is 151 cm³/mol. The molecule has 162 valence electrons. The summed E-state index contributed by atoms with van der Waals surface area (Å²) in [5.41, 5.74) is 4.43. The first-order valence-corrected chi connectivity index (χ1v) is 14.2. The van der Waals surface area contributed by atoms with Gasteiger partial charge in [-0.2, -0.15) is 0 Å². The van der Waals surface area contributed by atoms with Crippen LogP contribution < -0.4 is 15.9 Å². The SMILES string of the molecule is S=P(c1ccccc1)(c1ccccc1)c1ccc(-c2c3ccccc3nc3ccccc23)cc1. The predicted octanol–water partition coefficient (Wildman–Crippen LogP) is 6.81. The fourth-order valence-corrected chi connectivity index (χ4v) is 8.45. The number of aromatic nitrogens is 1. The average molecular weight is 472 g/mol. The first-order valence-electron chi connectivity index (χ1n) is 11.3. The second-order valence-electron chi connectivity index (χ2n) is 8.35. The second kappa shape index (κ2) is 8.65. The third kappa shape index (κ3) is 3.47. The topological polar surface area (TPSA) is 12.9 Å². The molecule has 0 atom stereocenters. The summed E-state index contributed by atoms with van der Waals surface area (Å²) in [7, 11) is 0. The molecule has 0 saturated carbocycles. The molecule has 0 spiro atoms. The first-order chi connectivity index (χ1) is 16.7. The highest BCUT2D eigenvalue weighted by molar-refractivity contribution is 8.25. The Morgan fingerprint density at radius 1 is 0.441 bits per heavy atom. The van der Waals surface area contributed by atoms with Crippen molar-refractivity contribution in [2.24, 2.45) is 0 Å². The normalized spacial score (nSPS) is 11.6. The molecule has 0 saturated heterocycles. The van der Waals surface area contributed by atoms with Gasteiger partial charge >= 0.3 is 0 Å². The van der Waals surface area contributed by atoms with Crippen molar-refractivity contribution in [1.29, 1.82) is 0 Å². The Bertz CT molecular complexity index is 1560. The third-order valence-corrected chi connectivity index (χ3v) is 11.3. The highest BCUT2D eigenvalue weighted by Gasteiger charge is 2.24. The molecule has 0 radical (unpaired) electrons. The van der Waals surface area contributed by atoms with Crippen molar-refractivity contribution in [2.45, 2.75) is 0 Å². The summed E-state index contributed by atoms with van der Waals surface area (Å²) in [5, 5.41) is 5.96. The van der Waals surface area contributed by atoms with Gasteiger partial charge < -0.3 is 0 Å². The van der Waals surface area contributed by atoms with Crippen molar-refractivity contribution >= 4 is 55.6 Å². The maximum absolute atomic E-state index is 6.52. The maximum atomic E-state index is 6.52. The van der Waals surface area contributed by atoms with Crippen molar-refractivity contribution in [2.75, 3.05) is 0 Å². The van der Waals surface area contributed by atoms with Gasteiger partial charge in [0.1, 0.15) is 0 Å². The van der Waals surface area contributed by atoms with Gasteiger partial charge in [-0.3, -0.25) is 0 Å². The van der Waals surface area contributed by atoms with E-state index in [0.717, 1.165) is 11.0 Å². The zero-order valence-electron chi connectivity index (χ0n) is 18.5. The number of nitrogens with zero attached hydrogens (tertiary/aromatic N) is 1. The number of hydrogen-bond donors (Lipinski definition) is 0. The summed E-state index contributed by atoms with van der Waals surface area (Å²) in [6.07, 6.45) is 0. The van der Waals surface area contributed by atoms with E-state index in [1.807, 2.05) is 12.1 Å². The van der Waals surface area contributed by atoms with Crippen molar-refractivity contribution in [3.8, 4) is 11.1 Å². The number of rotatable bonds is 4. The quantitative estimate of drug-likeness (QED) is 0.207. The lowest BCUT2D eigenvalue weighted by atomic mass is 9.96. The molecule has 6 rings (SSSR count). The van der Waals surface area contributed by atoms with Crippen molar-refractivity contribution in [3.63, 3.8) is 0 Å². The van der Waals surface area contributed by atoms with Crippen LogP contribution in [0.3, 0.4) is 0 Å². The lowest BCUT2D eigenvalue weighted by Gasteiger charge is -2.24. The van der Waals surface area contributed by atoms with Crippen LogP contribution in [0.1, 0.15) is 0 Å². The largest absolute Gasteiger partial charge is 0.248 e. The lowest BCUT2D eigenvalue weighted by molar-refractivity contribution is 1.49. The van der Waals surface area contributed by atoms with Gasteiger partial charge in [0.05, 0.1) is 11.0 Å². The summed E-state index contributed by atoms with van der Waals surface area (Å²) < 4.78 is 0. The van der Waals surface area contributed by atoms with Gasteiger partial charge in [-0.05, 0) is 33.6 Å². The fourth-order valence-electron chi connectivity index (χ4n) is 4.71. The molecule has 0 aliphatic carbocycles. The van der Waals surface area contributed by atoms with Crippen molar-refractivity contribution in [1.82, 2.24) is 4.98 Å². The highest BCUT2D eigenvalue weighted by Crippen LogP contribution is 2.43. The zero-order chi connectivity index (χ0) is 23.0. The molecule has 1 nitrogen and oxygen atoms in total. The van der Waals surface area contributed by atoms with Gasteiger partial charge in [0.2, 0.25) is 0 Å². The average Bonchev–Trinajstić information content (AvgIpc) is 2.92. The molecule has 0 fully saturated rings. The van der Waals surface area contributed by atoms with Gasteiger partial charge in [-0.1, -0.05) is 133 Å². The minimum Gasteiger partial charge on any atom is -0.248 e. The molecule has 0 N–H and O–H groups in total. The Hall–Kier alpha value is -3.58. The molecule has 0 aliphatic rings. The van der Waals surface area contributed by atoms with Crippen LogP contribution >= 0.6 is 6.04 Å². The van der Waals surface area contributed by atoms with E-state index in [1.165, 1.54) is 37.8 Å². The Morgan fingerprint density at radius 3 is 1.35 bits per heavy atom. The minimum absolute atomic E-state index is 1.01. The summed E-state index contributed by atoms with van der Waals surface area (Å²) in [6.45, 7) is 0. The van der Waals surface area contributed by atoms with E-state index in [4.69, 9.17) is 16.8 Å². The molecule has 0 aliphatic heterocycles. The van der Waals surface area contributed by atoms with E-state index in [-0.39, 0.29) is 0 Å². The fraction of sp³-hybridized carbons (Fsp3) is 0. The molecule has 3 heteroatoms. The Morgan fingerprint density at radius 2 is 0.853 bits per heavy atom. The number of benzene rings is 5. The Labute approximate surface area is 204 Å². The summed E-state index contributed by atoms with van der Waals surface area (Å²) in [4.78, 5) is 4.89. The Kier molecular flexibility index (Phi) is 5.34. The number of pyridine rings is 1. The molecule has 0 unspecified atom stereocenters.